The van der Waals surface area contributed by atoms with E-state index in [0.29, 0.717) is 17.7 Å². The van der Waals surface area contributed by atoms with E-state index in [-0.39, 0.29) is 0 Å². The smallest absolute Gasteiger partial charge is 0.119 e. The molecule has 0 bridgehead atoms. The molecule has 1 N–H and O–H groups in total. The lowest BCUT2D eigenvalue weighted by Crippen LogP contribution is -2.52. The summed E-state index contributed by atoms with van der Waals surface area (Å²) in [6, 6.07) is 8.89. The molecule has 1 aromatic carbocycles. The van der Waals surface area contributed by atoms with Gasteiger partial charge in [0.1, 0.15) is 5.75 Å². The normalized spacial score (nSPS) is 22.0. The van der Waals surface area contributed by atoms with E-state index < -0.39 is 0 Å². The minimum absolute atomic E-state index is 0.293. The van der Waals surface area contributed by atoms with Crippen molar-refractivity contribution in [2.75, 3.05) is 20.6 Å². The van der Waals surface area contributed by atoms with Crippen LogP contribution in [0.15, 0.2) is 35.0 Å². The van der Waals surface area contributed by atoms with Crippen molar-refractivity contribution in [2.24, 2.45) is 0 Å². The fourth-order valence-electron chi connectivity index (χ4n) is 3.98. The molecule has 124 valence electrons. The summed E-state index contributed by atoms with van der Waals surface area (Å²) < 4.78 is 1.10. The molecule has 1 fully saturated rings. The average molecular weight is 331 g/mol. The van der Waals surface area contributed by atoms with Crippen molar-refractivity contribution in [1.82, 2.24) is 0 Å². The van der Waals surface area contributed by atoms with Crippen molar-refractivity contribution in [1.29, 1.82) is 0 Å². The second-order valence-corrected chi connectivity index (χ2v) is 8.34. The summed E-state index contributed by atoms with van der Waals surface area (Å²) in [7, 11) is 4.73. The minimum Gasteiger partial charge on any atom is -0.508 e. The largest absolute Gasteiger partial charge is 0.508 e. The van der Waals surface area contributed by atoms with Gasteiger partial charge in [0.15, 0.2) is 0 Å². The van der Waals surface area contributed by atoms with Crippen LogP contribution in [0, 0.1) is 6.92 Å². The summed E-state index contributed by atoms with van der Waals surface area (Å²) in [5.74, 6) is 0.731. The third kappa shape index (κ3) is 3.61. The number of rotatable bonds is 4. The molecule has 23 heavy (non-hydrogen) atoms. The summed E-state index contributed by atoms with van der Waals surface area (Å²) in [6.07, 6.45) is 5.08. The zero-order valence-corrected chi connectivity index (χ0v) is 15.3. The first-order valence-corrected chi connectivity index (χ1v) is 9.56. The lowest BCUT2D eigenvalue weighted by molar-refractivity contribution is -0.920. The van der Waals surface area contributed by atoms with Gasteiger partial charge in [-0.15, -0.1) is 0 Å². The molecule has 2 heterocycles. The van der Waals surface area contributed by atoms with Crippen molar-refractivity contribution >= 4 is 11.3 Å². The molecule has 0 aliphatic carbocycles. The highest BCUT2D eigenvalue weighted by Gasteiger charge is 2.34. The second kappa shape index (κ2) is 6.66. The molecule has 0 radical (unpaired) electrons. The van der Waals surface area contributed by atoms with E-state index in [1.165, 1.54) is 36.9 Å². The van der Waals surface area contributed by atoms with Crippen LogP contribution in [-0.2, 0) is 0 Å². The zero-order chi connectivity index (χ0) is 16.4. The van der Waals surface area contributed by atoms with Crippen LogP contribution in [0.25, 0.3) is 0 Å². The van der Waals surface area contributed by atoms with Gasteiger partial charge in [0.05, 0.1) is 26.7 Å². The van der Waals surface area contributed by atoms with Gasteiger partial charge in [-0.2, -0.15) is 11.3 Å². The molecule has 1 aliphatic rings. The van der Waals surface area contributed by atoms with Crippen molar-refractivity contribution < 1.29 is 9.59 Å². The Bertz CT molecular complexity index is 648. The van der Waals surface area contributed by atoms with Gasteiger partial charge < -0.3 is 9.59 Å². The van der Waals surface area contributed by atoms with Crippen molar-refractivity contribution in [2.45, 2.75) is 44.6 Å². The van der Waals surface area contributed by atoms with E-state index in [4.69, 9.17) is 0 Å². The van der Waals surface area contributed by atoms with Crippen molar-refractivity contribution in [3.63, 3.8) is 0 Å². The van der Waals surface area contributed by atoms with Crippen molar-refractivity contribution in [3.8, 4) is 5.75 Å². The highest BCUT2D eigenvalue weighted by molar-refractivity contribution is 7.08. The molecule has 2 unspecified atom stereocenters. The first-order chi connectivity index (χ1) is 11.0. The maximum absolute atomic E-state index is 10.5. The summed E-state index contributed by atoms with van der Waals surface area (Å²) in [6.45, 7) is 3.37. The molecule has 1 saturated heterocycles. The number of nitrogens with zero attached hydrogens (tertiary/aromatic N) is 1. The number of hydrogen-bond donors (Lipinski definition) is 1. The fraction of sp³-hybridized carbons (Fsp3) is 0.500. The summed E-state index contributed by atoms with van der Waals surface area (Å²) in [4.78, 5) is 0. The Morgan fingerprint density at radius 2 is 2.09 bits per heavy atom. The maximum atomic E-state index is 10.5. The molecule has 3 rings (SSSR count). The highest BCUT2D eigenvalue weighted by Crippen LogP contribution is 2.39. The van der Waals surface area contributed by atoms with Gasteiger partial charge >= 0.3 is 0 Å². The molecule has 1 aliphatic heterocycles. The lowest BCUT2D eigenvalue weighted by atomic mass is 9.83. The number of hydrogen-bond acceptors (Lipinski definition) is 2. The predicted molar refractivity (Wildman–Crippen MR) is 98.2 cm³/mol. The average Bonchev–Trinajstić information content (AvgIpc) is 3.03. The Morgan fingerprint density at radius 1 is 1.26 bits per heavy atom. The van der Waals surface area contributed by atoms with Crippen LogP contribution in [-0.4, -0.2) is 36.3 Å². The van der Waals surface area contributed by atoms with Crippen LogP contribution in [0.5, 0.6) is 5.75 Å². The zero-order valence-electron chi connectivity index (χ0n) is 14.5. The van der Waals surface area contributed by atoms with Gasteiger partial charge in [-0.3, -0.25) is 0 Å². The maximum Gasteiger partial charge on any atom is 0.119 e. The lowest BCUT2D eigenvalue weighted by Gasteiger charge is -2.43. The number of phenols is 1. The minimum atomic E-state index is 0.293. The Labute approximate surface area is 144 Å². The first-order valence-electron chi connectivity index (χ1n) is 8.61. The van der Waals surface area contributed by atoms with Gasteiger partial charge in [0.25, 0.3) is 0 Å². The van der Waals surface area contributed by atoms with Crippen molar-refractivity contribution in [3.05, 3.63) is 51.7 Å². The molecule has 2 atom stereocenters. The van der Waals surface area contributed by atoms with Crippen LogP contribution < -0.4 is 0 Å². The Morgan fingerprint density at radius 3 is 2.78 bits per heavy atom. The molecule has 0 spiro atoms. The topological polar surface area (TPSA) is 20.2 Å². The van der Waals surface area contributed by atoms with Crippen LogP contribution in [0.2, 0.25) is 0 Å². The molecule has 0 saturated carbocycles. The quantitative estimate of drug-likeness (QED) is 0.790. The first kappa shape index (κ1) is 16.5. The summed E-state index contributed by atoms with van der Waals surface area (Å²) >= 11 is 1.75. The fourth-order valence-corrected chi connectivity index (χ4v) is 4.69. The van der Waals surface area contributed by atoms with Crippen LogP contribution >= 0.6 is 11.3 Å². The number of thiophene rings is 1. The molecule has 1 aromatic heterocycles. The Hall–Kier alpha value is -1.32. The van der Waals surface area contributed by atoms with E-state index in [1.54, 1.807) is 11.3 Å². The number of likely N-dealkylation sites (tertiary alicyclic amines) is 1. The third-order valence-electron chi connectivity index (χ3n) is 5.52. The Balaban J connectivity index is 1.95. The SMILES string of the molecule is Cc1ccc(O)c(C(CC2CCCC[N+]2(C)C)c2ccsc2)c1. The number of aromatic hydroxyl groups is 1. The molecular formula is C20H28NOS+. The predicted octanol–water partition coefficient (Wildman–Crippen LogP) is 4.91. The monoisotopic (exact) mass is 330 g/mol. The van der Waals surface area contributed by atoms with E-state index >= 15 is 0 Å². The summed E-state index contributed by atoms with van der Waals surface area (Å²) in [5.41, 5.74) is 3.66. The van der Waals surface area contributed by atoms with Crippen LogP contribution in [0.1, 0.15) is 48.3 Å². The van der Waals surface area contributed by atoms with Gasteiger partial charge in [-0.25, -0.2) is 0 Å². The number of piperidine rings is 1. The standard InChI is InChI=1S/C20H27NOS/c1-15-7-8-20(22)19(12-15)18(16-9-11-23-14-16)13-17-6-4-5-10-21(17,2)3/h7-9,11-12,14,17-18H,4-6,10,13H2,1-3H3/p+1. The molecule has 2 aromatic rings. The van der Waals surface area contributed by atoms with Crippen LogP contribution in [0.3, 0.4) is 0 Å². The number of phenolic OH excluding ortho intramolecular Hbond substituents is 1. The number of quaternary nitrogens is 1. The van der Waals surface area contributed by atoms with E-state index in [9.17, 15) is 5.11 Å². The van der Waals surface area contributed by atoms with E-state index in [2.05, 4.69) is 43.9 Å². The summed E-state index contributed by atoms with van der Waals surface area (Å²) in [5, 5.41) is 14.9. The second-order valence-electron chi connectivity index (χ2n) is 7.56. The van der Waals surface area contributed by atoms with Gasteiger partial charge in [-0.1, -0.05) is 17.7 Å². The number of benzene rings is 1. The van der Waals surface area contributed by atoms with Crippen LogP contribution in [0.4, 0.5) is 0 Å². The highest BCUT2D eigenvalue weighted by atomic mass is 32.1. The van der Waals surface area contributed by atoms with Gasteiger partial charge in [0, 0.05) is 17.9 Å². The molecular weight excluding hydrogens is 302 g/mol. The van der Waals surface area contributed by atoms with Gasteiger partial charge in [-0.05, 0) is 54.6 Å². The number of aryl methyl sites for hydroxylation is 1. The van der Waals surface area contributed by atoms with E-state index in [1.807, 2.05) is 12.1 Å². The molecule has 3 heteroatoms. The Kier molecular flexibility index (Phi) is 4.79. The van der Waals surface area contributed by atoms with Gasteiger partial charge in [0.2, 0.25) is 0 Å². The molecule has 0 amide bonds. The van der Waals surface area contributed by atoms with E-state index in [0.717, 1.165) is 16.5 Å². The molecule has 2 nitrogen and oxygen atoms in total. The third-order valence-corrected chi connectivity index (χ3v) is 6.22.